The van der Waals surface area contributed by atoms with E-state index >= 15 is 0 Å². The van der Waals surface area contributed by atoms with Crippen LogP contribution in [0, 0.1) is 17.1 Å². The second kappa shape index (κ2) is 5.21. The largest absolute Gasteiger partial charge is 0.340 e. The van der Waals surface area contributed by atoms with E-state index in [2.05, 4.69) is 15.4 Å². The van der Waals surface area contributed by atoms with E-state index in [4.69, 9.17) is 16.9 Å². The molecule has 1 saturated carbocycles. The van der Waals surface area contributed by atoms with Gasteiger partial charge in [-0.25, -0.2) is 9.37 Å². The molecule has 1 fully saturated rings. The molecule has 23 heavy (non-hydrogen) atoms. The van der Waals surface area contributed by atoms with Crippen molar-refractivity contribution < 1.29 is 4.39 Å². The van der Waals surface area contributed by atoms with Crippen molar-refractivity contribution in [2.75, 3.05) is 5.32 Å². The van der Waals surface area contributed by atoms with Gasteiger partial charge in [0, 0.05) is 17.3 Å². The number of nitriles is 1. The predicted molar refractivity (Wildman–Crippen MR) is 84.4 cm³/mol. The Labute approximate surface area is 136 Å². The molecule has 0 saturated heterocycles. The molecule has 1 N–H and O–H groups in total. The Morgan fingerprint density at radius 3 is 2.87 bits per heavy atom. The summed E-state index contributed by atoms with van der Waals surface area (Å²) in [5, 5.41) is 16.7. The average molecular weight is 328 g/mol. The highest BCUT2D eigenvalue weighted by atomic mass is 35.5. The van der Waals surface area contributed by atoms with E-state index in [-0.39, 0.29) is 5.56 Å². The van der Waals surface area contributed by atoms with Crippen molar-refractivity contribution in [3.63, 3.8) is 0 Å². The summed E-state index contributed by atoms with van der Waals surface area (Å²) >= 11 is 6.12. The summed E-state index contributed by atoms with van der Waals surface area (Å²) < 4.78 is 15.2. The Hall–Kier alpha value is -2.65. The Balaban J connectivity index is 1.80. The Kier molecular flexibility index (Phi) is 3.17. The number of hydrogen-bond donors (Lipinski definition) is 1. The van der Waals surface area contributed by atoms with Gasteiger partial charge >= 0.3 is 0 Å². The number of benzene rings is 1. The second-order valence-corrected chi connectivity index (χ2v) is 5.93. The first-order valence-corrected chi connectivity index (χ1v) is 7.54. The highest BCUT2D eigenvalue weighted by Gasteiger charge is 2.28. The van der Waals surface area contributed by atoms with Crippen LogP contribution in [0.1, 0.15) is 29.9 Å². The van der Waals surface area contributed by atoms with Gasteiger partial charge in [0.25, 0.3) is 0 Å². The van der Waals surface area contributed by atoms with Crippen molar-refractivity contribution in [1.29, 1.82) is 5.26 Å². The summed E-state index contributed by atoms with van der Waals surface area (Å²) in [6, 6.07) is 7.61. The van der Waals surface area contributed by atoms with Crippen molar-refractivity contribution in [2.45, 2.75) is 18.8 Å². The van der Waals surface area contributed by atoms with Crippen molar-refractivity contribution in [3.8, 4) is 6.07 Å². The summed E-state index contributed by atoms with van der Waals surface area (Å²) in [4.78, 5) is 4.35. The molecule has 5 nitrogen and oxygen atoms in total. The highest BCUT2D eigenvalue weighted by molar-refractivity contribution is 6.29. The maximum Gasteiger partial charge on any atom is 0.162 e. The lowest BCUT2D eigenvalue weighted by atomic mass is 10.2. The molecule has 0 atom stereocenters. The molecule has 0 bridgehead atoms. The molecule has 4 rings (SSSR count). The quantitative estimate of drug-likeness (QED) is 0.738. The van der Waals surface area contributed by atoms with Crippen LogP contribution in [-0.4, -0.2) is 14.6 Å². The van der Waals surface area contributed by atoms with Crippen molar-refractivity contribution in [1.82, 2.24) is 14.6 Å². The van der Waals surface area contributed by atoms with Gasteiger partial charge in [-0.1, -0.05) is 11.6 Å². The maximum absolute atomic E-state index is 13.6. The molecule has 1 aromatic carbocycles. The SMILES string of the molecule is N#Cc1cc(F)cc(Nc2cc(Cl)nc3c(C4CC4)cnn23)c1. The third-order valence-electron chi connectivity index (χ3n) is 3.78. The lowest BCUT2D eigenvalue weighted by Crippen LogP contribution is -2.02. The van der Waals surface area contributed by atoms with Gasteiger partial charge in [0.1, 0.15) is 16.8 Å². The van der Waals surface area contributed by atoms with Crippen LogP contribution in [0.15, 0.2) is 30.5 Å². The molecule has 7 heteroatoms. The van der Waals surface area contributed by atoms with Crippen LogP contribution < -0.4 is 5.32 Å². The van der Waals surface area contributed by atoms with Gasteiger partial charge in [-0.3, -0.25) is 0 Å². The Morgan fingerprint density at radius 2 is 2.13 bits per heavy atom. The smallest absolute Gasteiger partial charge is 0.162 e. The van der Waals surface area contributed by atoms with Gasteiger partial charge in [0.2, 0.25) is 0 Å². The number of nitrogens with one attached hydrogen (secondary N) is 1. The van der Waals surface area contributed by atoms with Crippen molar-refractivity contribution >= 4 is 28.8 Å². The molecule has 114 valence electrons. The van der Waals surface area contributed by atoms with Crippen LogP contribution in [0.2, 0.25) is 5.15 Å². The second-order valence-electron chi connectivity index (χ2n) is 5.54. The minimum atomic E-state index is -0.484. The third kappa shape index (κ3) is 2.60. The van der Waals surface area contributed by atoms with E-state index < -0.39 is 5.82 Å². The lowest BCUT2D eigenvalue weighted by Gasteiger charge is -2.09. The van der Waals surface area contributed by atoms with Crippen LogP contribution in [0.4, 0.5) is 15.9 Å². The van der Waals surface area contributed by atoms with Crippen molar-refractivity contribution in [3.05, 3.63) is 52.6 Å². The normalized spacial score (nSPS) is 14.0. The van der Waals surface area contributed by atoms with E-state index in [1.54, 1.807) is 22.8 Å². The molecular formula is C16H11ClFN5. The van der Waals surface area contributed by atoms with Crippen molar-refractivity contribution in [2.24, 2.45) is 0 Å². The topological polar surface area (TPSA) is 66.0 Å². The number of fused-ring (bicyclic) bond motifs is 1. The molecule has 0 radical (unpaired) electrons. The minimum Gasteiger partial charge on any atom is -0.340 e. The molecule has 0 amide bonds. The molecule has 0 unspecified atom stereocenters. The van der Waals surface area contributed by atoms with E-state index in [0.29, 0.717) is 28.2 Å². The van der Waals surface area contributed by atoms with E-state index in [1.165, 1.54) is 12.1 Å². The summed E-state index contributed by atoms with van der Waals surface area (Å²) in [5.74, 6) is 0.578. The van der Waals surface area contributed by atoms with Crippen LogP contribution in [-0.2, 0) is 0 Å². The number of halogens is 2. The third-order valence-corrected chi connectivity index (χ3v) is 3.98. The number of hydrogen-bond acceptors (Lipinski definition) is 4. The minimum absolute atomic E-state index is 0.239. The Bertz CT molecular complexity index is 955. The van der Waals surface area contributed by atoms with Crippen LogP contribution in [0.5, 0.6) is 0 Å². The number of rotatable bonds is 3. The molecule has 1 aliphatic rings. The standard InChI is InChI=1S/C16H11ClFN5/c17-14-6-15(21-12-4-9(7-19)3-11(18)5-12)23-16(22-14)13(8-20-23)10-1-2-10/h3-6,8,10,21H,1-2H2. The fourth-order valence-electron chi connectivity index (χ4n) is 2.60. The van der Waals surface area contributed by atoms with Crippen LogP contribution in [0.25, 0.3) is 5.65 Å². The zero-order valence-electron chi connectivity index (χ0n) is 11.9. The summed E-state index contributed by atoms with van der Waals surface area (Å²) in [7, 11) is 0. The van der Waals surface area contributed by atoms with Gasteiger partial charge < -0.3 is 5.32 Å². The molecule has 2 aromatic heterocycles. The predicted octanol–water partition coefficient (Wildman–Crippen LogP) is 4.01. The first kappa shape index (κ1) is 14.0. The number of nitrogens with zero attached hydrogens (tertiary/aromatic N) is 4. The molecule has 0 aliphatic heterocycles. The van der Waals surface area contributed by atoms with Gasteiger partial charge in [0.15, 0.2) is 5.65 Å². The first-order chi connectivity index (χ1) is 11.1. The molecule has 0 spiro atoms. The van der Waals surface area contributed by atoms with Crippen LogP contribution in [0.3, 0.4) is 0 Å². The van der Waals surface area contributed by atoms with Crippen LogP contribution >= 0.6 is 11.6 Å². The van der Waals surface area contributed by atoms with Gasteiger partial charge in [-0.15, -0.1) is 0 Å². The van der Waals surface area contributed by atoms with Gasteiger partial charge in [0.05, 0.1) is 17.8 Å². The summed E-state index contributed by atoms with van der Waals surface area (Å²) in [6.45, 7) is 0. The van der Waals surface area contributed by atoms with Gasteiger partial charge in [-0.05, 0) is 37.0 Å². The van der Waals surface area contributed by atoms with E-state index in [9.17, 15) is 4.39 Å². The monoisotopic (exact) mass is 327 g/mol. The van der Waals surface area contributed by atoms with E-state index in [1.807, 2.05) is 6.07 Å². The molecule has 3 aromatic rings. The summed E-state index contributed by atoms with van der Waals surface area (Å²) in [6.07, 6.45) is 4.06. The zero-order valence-corrected chi connectivity index (χ0v) is 12.7. The first-order valence-electron chi connectivity index (χ1n) is 7.16. The van der Waals surface area contributed by atoms with E-state index in [0.717, 1.165) is 18.4 Å². The fraction of sp³-hybridized carbons (Fsp3) is 0.188. The molecular weight excluding hydrogens is 317 g/mol. The Morgan fingerprint density at radius 1 is 1.30 bits per heavy atom. The fourth-order valence-corrected chi connectivity index (χ4v) is 2.78. The highest BCUT2D eigenvalue weighted by Crippen LogP contribution is 2.42. The summed E-state index contributed by atoms with van der Waals surface area (Å²) in [5.41, 5.74) is 2.48. The lowest BCUT2D eigenvalue weighted by molar-refractivity contribution is 0.628. The number of aromatic nitrogens is 3. The molecule has 2 heterocycles. The number of anilines is 2. The van der Waals surface area contributed by atoms with Gasteiger partial charge in [-0.2, -0.15) is 14.9 Å². The maximum atomic E-state index is 13.6. The average Bonchev–Trinajstić information content (AvgIpc) is 3.26. The zero-order chi connectivity index (χ0) is 16.0. The molecule has 1 aliphatic carbocycles.